The van der Waals surface area contributed by atoms with Crippen LogP contribution in [0.25, 0.3) is 0 Å². The minimum Gasteiger partial charge on any atom is -0.350 e. The van der Waals surface area contributed by atoms with Crippen LogP contribution in [0.3, 0.4) is 0 Å². The van der Waals surface area contributed by atoms with Gasteiger partial charge in [0.25, 0.3) is 0 Å². The number of rotatable bonds is 5. The highest BCUT2D eigenvalue weighted by Crippen LogP contribution is 2.55. The maximum Gasteiger partial charge on any atom is 0.234 e. The van der Waals surface area contributed by atoms with Gasteiger partial charge in [-0.3, -0.25) is 4.79 Å². The summed E-state index contributed by atoms with van der Waals surface area (Å²) in [5.74, 6) is 2.69. The third-order valence-corrected chi connectivity index (χ3v) is 6.73. The average Bonchev–Trinajstić information content (AvgIpc) is 2.51. The molecule has 0 spiro atoms. The summed E-state index contributed by atoms with van der Waals surface area (Å²) in [6.07, 6.45) is 7.80. The number of hydrogen-bond acceptors (Lipinski definition) is 2. The van der Waals surface area contributed by atoms with Gasteiger partial charge in [-0.2, -0.15) is 0 Å². The van der Waals surface area contributed by atoms with Gasteiger partial charge >= 0.3 is 0 Å². The molecule has 4 saturated carbocycles. The van der Waals surface area contributed by atoms with Gasteiger partial charge in [-0.15, -0.1) is 0 Å². The van der Waals surface area contributed by atoms with Crippen molar-refractivity contribution in [2.24, 2.45) is 17.8 Å². The molecule has 0 unspecified atom stereocenters. The van der Waals surface area contributed by atoms with E-state index in [9.17, 15) is 4.79 Å². The Morgan fingerprint density at radius 1 is 1.17 bits per heavy atom. The Hall–Kier alpha value is -1.06. The molecule has 4 aliphatic carbocycles. The quantitative estimate of drug-likeness (QED) is 0.843. The molecule has 1 aromatic carbocycles. The van der Waals surface area contributed by atoms with Crippen LogP contribution in [0.1, 0.15) is 57.1 Å². The Morgan fingerprint density at radius 2 is 1.75 bits per heavy atom. The van der Waals surface area contributed by atoms with Crippen LogP contribution >= 0.6 is 11.6 Å². The monoisotopic (exact) mass is 346 g/mol. The maximum absolute atomic E-state index is 12.5. The summed E-state index contributed by atoms with van der Waals surface area (Å²) >= 11 is 6.24. The minimum atomic E-state index is 0.0702. The van der Waals surface area contributed by atoms with E-state index in [1.165, 1.54) is 38.5 Å². The van der Waals surface area contributed by atoms with Gasteiger partial charge in [0.05, 0.1) is 6.54 Å². The molecule has 1 aromatic rings. The standard InChI is InChI=1S/C20H27ClN2O/c1-13(17-4-2-3-5-18(17)21)22-12-19(24)23-20-9-14-6-15(10-20)8-16(7-14)11-20/h2-5,13-16,22H,6-12H2,1H3,(H,23,24)/t13-,14?,15?,16?,20?/m0/s1. The molecule has 0 radical (unpaired) electrons. The molecule has 0 saturated heterocycles. The zero-order valence-electron chi connectivity index (χ0n) is 14.4. The van der Waals surface area contributed by atoms with E-state index in [0.717, 1.165) is 28.3 Å². The number of carbonyl (C=O) groups is 1. The highest BCUT2D eigenvalue weighted by atomic mass is 35.5. The van der Waals surface area contributed by atoms with Gasteiger partial charge in [0.2, 0.25) is 5.91 Å². The molecule has 0 aliphatic heterocycles. The fourth-order valence-corrected chi connectivity index (χ4v) is 6.09. The molecule has 4 bridgehead atoms. The fraction of sp³-hybridized carbons (Fsp3) is 0.650. The molecular formula is C20H27ClN2O. The fourth-order valence-electron chi connectivity index (χ4n) is 5.79. The van der Waals surface area contributed by atoms with Crippen molar-refractivity contribution in [3.8, 4) is 0 Å². The molecule has 130 valence electrons. The second kappa shape index (κ2) is 6.34. The van der Waals surface area contributed by atoms with Crippen LogP contribution < -0.4 is 10.6 Å². The lowest BCUT2D eigenvalue weighted by atomic mass is 9.53. The first-order valence-electron chi connectivity index (χ1n) is 9.32. The SMILES string of the molecule is C[C@H](NCC(=O)NC12CC3CC(CC(C3)C1)C2)c1ccccc1Cl. The van der Waals surface area contributed by atoms with E-state index in [-0.39, 0.29) is 17.5 Å². The largest absolute Gasteiger partial charge is 0.350 e. The summed E-state index contributed by atoms with van der Waals surface area (Å²) < 4.78 is 0. The molecule has 4 heteroatoms. The second-order valence-corrected chi connectivity index (χ2v) is 8.78. The van der Waals surface area contributed by atoms with Crippen molar-refractivity contribution in [3.63, 3.8) is 0 Å². The molecule has 0 aromatic heterocycles. The van der Waals surface area contributed by atoms with E-state index >= 15 is 0 Å². The third kappa shape index (κ3) is 3.21. The number of halogens is 1. The molecule has 4 fully saturated rings. The zero-order valence-corrected chi connectivity index (χ0v) is 15.1. The van der Waals surface area contributed by atoms with Crippen LogP contribution in [0.5, 0.6) is 0 Å². The van der Waals surface area contributed by atoms with E-state index in [2.05, 4.69) is 17.6 Å². The van der Waals surface area contributed by atoms with Gasteiger partial charge in [-0.05, 0) is 74.8 Å². The topological polar surface area (TPSA) is 41.1 Å². The van der Waals surface area contributed by atoms with Gasteiger partial charge in [0, 0.05) is 16.6 Å². The lowest BCUT2D eigenvalue weighted by Crippen LogP contribution is -2.60. The van der Waals surface area contributed by atoms with Crippen molar-refractivity contribution >= 4 is 17.5 Å². The van der Waals surface area contributed by atoms with E-state index in [1.807, 2.05) is 24.3 Å². The summed E-state index contributed by atoms with van der Waals surface area (Å²) in [5, 5.41) is 7.49. The normalized spacial score (nSPS) is 35.0. The molecule has 4 aliphatic rings. The van der Waals surface area contributed by atoms with Crippen molar-refractivity contribution in [1.29, 1.82) is 0 Å². The summed E-state index contributed by atoms with van der Waals surface area (Å²) in [5.41, 5.74) is 1.14. The molecule has 3 nitrogen and oxygen atoms in total. The van der Waals surface area contributed by atoms with E-state index in [4.69, 9.17) is 11.6 Å². The van der Waals surface area contributed by atoms with Crippen molar-refractivity contribution in [3.05, 3.63) is 34.9 Å². The first-order valence-corrected chi connectivity index (χ1v) is 9.70. The number of hydrogen-bond donors (Lipinski definition) is 2. The van der Waals surface area contributed by atoms with Crippen molar-refractivity contribution in [2.45, 2.75) is 57.0 Å². The van der Waals surface area contributed by atoms with Crippen LogP contribution in [0.2, 0.25) is 5.02 Å². The van der Waals surface area contributed by atoms with Crippen molar-refractivity contribution in [2.75, 3.05) is 6.54 Å². The molecule has 1 atom stereocenters. The van der Waals surface area contributed by atoms with Gasteiger partial charge < -0.3 is 10.6 Å². The number of amides is 1. The second-order valence-electron chi connectivity index (χ2n) is 8.37. The highest BCUT2D eigenvalue weighted by molar-refractivity contribution is 6.31. The molecule has 0 heterocycles. The summed E-state index contributed by atoms with van der Waals surface area (Å²) in [6.45, 7) is 2.41. The van der Waals surface area contributed by atoms with Gasteiger partial charge in [0.1, 0.15) is 0 Å². The van der Waals surface area contributed by atoms with Gasteiger partial charge in [0.15, 0.2) is 0 Å². The Balaban J connectivity index is 1.33. The zero-order chi connectivity index (χ0) is 16.7. The number of benzene rings is 1. The van der Waals surface area contributed by atoms with Gasteiger partial charge in [-0.25, -0.2) is 0 Å². The average molecular weight is 347 g/mol. The summed E-state index contributed by atoms with van der Waals surface area (Å²) in [7, 11) is 0. The lowest BCUT2D eigenvalue weighted by Gasteiger charge is -2.56. The van der Waals surface area contributed by atoms with Crippen LogP contribution in [-0.2, 0) is 4.79 Å². The van der Waals surface area contributed by atoms with Crippen LogP contribution in [0, 0.1) is 17.8 Å². The summed E-state index contributed by atoms with van der Waals surface area (Å²) in [6, 6.07) is 7.88. The van der Waals surface area contributed by atoms with Crippen LogP contribution in [-0.4, -0.2) is 18.0 Å². The Morgan fingerprint density at radius 3 is 2.33 bits per heavy atom. The first-order chi connectivity index (χ1) is 11.5. The Kier molecular flexibility index (Phi) is 4.34. The predicted octanol–water partition coefficient (Wildman–Crippen LogP) is 4.08. The van der Waals surface area contributed by atoms with Crippen LogP contribution in [0.15, 0.2) is 24.3 Å². The molecule has 24 heavy (non-hydrogen) atoms. The third-order valence-electron chi connectivity index (χ3n) is 6.38. The maximum atomic E-state index is 12.5. The number of carbonyl (C=O) groups excluding carboxylic acids is 1. The van der Waals surface area contributed by atoms with Crippen molar-refractivity contribution in [1.82, 2.24) is 10.6 Å². The molecular weight excluding hydrogens is 320 g/mol. The minimum absolute atomic E-state index is 0.0702. The molecule has 5 rings (SSSR count). The molecule has 1 amide bonds. The van der Waals surface area contributed by atoms with E-state index < -0.39 is 0 Å². The Labute approximate surface area is 149 Å². The van der Waals surface area contributed by atoms with Crippen molar-refractivity contribution < 1.29 is 4.79 Å². The molecule has 2 N–H and O–H groups in total. The smallest absolute Gasteiger partial charge is 0.234 e. The number of nitrogens with one attached hydrogen (secondary N) is 2. The Bertz CT molecular complexity index is 595. The predicted molar refractivity (Wildman–Crippen MR) is 96.9 cm³/mol. The van der Waals surface area contributed by atoms with Gasteiger partial charge in [-0.1, -0.05) is 29.8 Å². The van der Waals surface area contributed by atoms with E-state index in [0.29, 0.717) is 6.54 Å². The van der Waals surface area contributed by atoms with Crippen LogP contribution in [0.4, 0.5) is 0 Å². The van der Waals surface area contributed by atoms with E-state index in [1.54, 1.807) is 0 Å². The lowest BCUT2D eigenvalue weighted by molar-refractivity contribution is -0.126. The summed E-state index contributed by atoms with van der Waals surface area (Å²) in [4.78, 5) is 12.5. The first kappa shape index (κ1) is 16.4. The highest BCUT2D eigenvalue weighted by Gasteiger charge is 2.51.